The third-order valence-electron chi connectivity index (χ3n) is 6.99. The van der Waals surface area contributed by atoms with Gasteiger partial charge >= 0.3 is 0 Å². The lowest BCUT2D eigenvalue weighted by Crippen LogP contribution is -2.38. The molecule has 0 saturated carbocycles. The highest BCUT2D eigenvalue weighted by Gasteiger charge is 2.30. The highest BCUT2D eigenvalue weighted by atomic mass is 32.2. The second kappa shape index (κ2) is 10.8. The van der Waals surface area contributed by atoms with Gasteiger partial charge < -0.3 is 10.0 Å². The number of hydrogen-bond donors (Lipinski definition) is 2. The molecular formula is C30H37N3O3S. The highest BCUT2D eigenvalue weighted by Crippen LogP contribution is 2.40. The summed E-state index contributed by atoms with van der Waals surface area (Å²) in [6, 6.07) is 19.1. The molecule has 7 heteroatoms. The van der Waals surface area contributed by atoms with Crippen molar-refractivity contribution in [2.45, 2.75) is 57.1 Å². The van der Waals surface area contributed by atoms with Crippen molar-refractivity contribution in [3.05, 3.63) is 100 Å². The van der Waals surface area contributed by atoms with Crippen molar-refractivity contribution in [2.24, 2.45) is 5.84 Å². The molecule has 0 saturated heterocycles. The third-order valence-corrected chi connectivity index (χ3v) is 8.61. The number of nitrogens with zero attached hydrogens (tertiary/aromatic N) is 2. The minimum atomic E-state index is -3.90. The summed E-state index contributed by atoms with van der Waals surface area (Å²) in [5.74, 6) is 6.53. The van der Waals surface area contributed by atoms with Crippen molar-refractivity contribution in [3.63, 3.8) is 0 Å². The zero-order valence-electron chi connectivity index (χ0n) is 22.3. The molecule has 3 aromatic rings. The molecule has 0 aliphatic heterocycles. The van der Waals surface area contributed by atoms with Crippen LogP contribution in [0.3, 0.4) is 0 Å². The summed E-state index contributed by atoms with van der Waals surface area (Å²) < 4.78 is 27.8. The van der Waals surface area contributed by atoms with Crippen LogP contribution in [0.4, 0.5) is 0 Å². The smallest absolute Gasteiger partial charge is 0.277 e. The normalized spacial score (nSPS) is 15.6. The minimum Gasteiger partial charge on any atom is -0.392 e. The lowest BCUT2D eigenvalue weighted by molar-refractivity contribution is 0.282. The van der Waals surface area contributed by atoms with Crippen molar-refractivity contribution < 1.29 is 13.5 Å². The van der Waals surface area contributed by atoms with Crippen LogP contribution in [-0.4, -0.2) is 36.9 Å². The van der Waals surface area contributed by atoms with Gasteiger partial charge in [0.25, 0.3) is 10.0 Å². The fourth-order valence-electron chi connectivity index (χ4n) is 5.11. The molecule has 0 radical (unpaired) electrons. The number of hydrogen-bond acceptors (Lipinski definition) is 5. The monoisotopic (exact) mass is 519 g/mol. The van der Waals surface area contributed by atoms with Crippen LogP contribution in [0.1, 0.15) is 60.4 Å². The fraction of sp³-hybridized carbons (Fsp3) is 0.333. The van der Waals surface area contributed by atoms with Crippen molar-refractivity contribution in [2.75, 3.05) is 14.1 Å². The van der Waals surface area contributed by atoms with Crippen LogP contribution >= 0.6 is 0 Å². The zero-order chi connectivity index (χ0) is 26.9. The lowest BCUT2D eigenvalue weighted by atomic mass is 9.79. The summed E-state index contributed by atoms with van der Waals surface area (Å²) in [7, 11) is 0.0440. The molecule has 1 aliphatic carbocycles. The molecule has 0 heterocycles. The Bertz CT molecular complexity index is 1410. The van der Waals surface area contributed by atoms with E-state index in [1.165, 1.54) is 0 Å². The minimum absolute atomic E-state index is 0.0267. The number of fused-ring (bicyclic) bond motifs is 1. The van der Waals surface area contributed by atoms with E-state index in [1.807, 2.05) is 61.5 Å². The Balaban J connectivity index is 1.70. The van der Waals surface area contributed by atoms with E-state index in [1.54, 1.807) is 12.1 Å². The number of sulfonamides is 1. The molecule has 3 N–H and O–H groups in total. The molecular weight excluding hydrogens is 482 g/mol. The fourth-order valence-corrected chi connectivity index (χ4v) is 6.25. The average Bonchev–Trinajstić information content (AvgIpc) is 2.87. The molecule has 37 heavy (non-hydrogen) atoms. The second-order valence-corrected chi connectivity index (χ2v) is 12.2. The van der Waals surface area contributed by atoms with E-state index in [0.717, 1.165) is 49.9 Å². The summed E-state index contributed by atoms with van der Waals surface area (Å²) in [6.45, 7) is 7.06. The summed E-state index contributed by atoms with van der Waals surface area (Å²) in [4.78, 5) is 2.21. The molecule has 1 atom stereocenters. The van der Waals surface area contributed by atoms with Gasteiger partial charge in [0.15, 0.2) is 0 Å². The first-order valence-corrected chi connectivity index (χ1v) is 14.1. The molecule has 3 aromatic carbocycles. The van der Waals surface area contributed by atoms with Gasteiger partial charge in [0.1, 0.15) is 0 Å². The second-order valence-electron chi connectivity index (χ2n) is 10.4. The van der Waals surface area contributed by atoms with E-state index in [0.29, 0.717) is 12.1 Å². The van der Waals surface area contributed by atoms with E-state index < -0.39 is 10.0 Å². The van der Waals surface area contributed by atoms with Crippen LogP contribution in [0.25, 0.3) is 11.1 Å². The first-order valence-electron chi connectivity index (χ1n) is 12.6. The Morgan fingerprint density at radius 2 is 1.73 bits per heavy atom. The Morgan fingerprint density at radius 1 is 1.05 bits per heavy atom. The Hall–Kier alpha value is -2.97. The molecule has 6 nitrogen and oxygen atoms in total. The quantitative estimate of drug-likeness (QED) is 0.318. The summed E-state index contributed by atoms with van der Waals surface area (Å²) in [6.07, 6.45) is 2.38. The zero-order valence-corrected chi connectivity index (χ0v) is 23.1. The summed E-state index contributed by atoms with van der Waals surface area (Å²) >= 11 is 0. The Morgan fingerprint density at radius 3 is 2.35 bits per heavy atom. The molecule has 196 valence electrons. The van der Waals surface area contributed by atoms with E-state index in [4.69, 9.17) is 5.84 Å². The maximum Gasteiger partial charge on any atom is 0.277 e. The Kier molecular flexibility index (Phi) is 7.90. The summed E-state index contributed by atoms with van der Waals surface area (Å²) in [5.41, 5.74) is 8.01. The van der Waals surface area contributed by atoms with Gasteiger partial charge in [-0.1, -0.05) is 75.4 Å². The molecule has 0 spiro atoms. The molecule has 4 rings (SSSR count). The molecule has 0 aromatic heterocycles. The predicted molar refractivity (Wildman–Crippen MR) is 149 cm³/mol. The number of aliphatic hydroxyl groups is 1. The molecule has 1 unspecified atom stereocenters. The van der Waals surface area contributed by atoms with Gasteiger partial charge in [-0.3, -0.25) is 0 Å². The van der Waals surface area contributed by atoms with Crippen LogP contribution in [0.2, 0.25) is 0 Å². The van der Waals surface area contributed by atoms with Gasteiger partial charge in [0.2, 0.25) is 0 Å². The predicted octanol–water partition coefficient (Wildman–Crippen LogP) is 5.14. The topological polar surface area (TPSA) is 86.9 Å². The van der Waals surface area contributed by atoms with Gasteiger partial charge in [-0.2, -0.15) is 8.42 Å². The van der Waals surface area contributed by atoms with Crippen molar-refractivity contribution >= 4 is 10.0 Å². The number of benzene rings is 3. The highest BCUT2D eigenvalue weighted by molar-refractivity contribution is 7.89. The van der Waals surface area contributed by atoms with Crippen molar-refractivity contribution in [3.8, 4) is 11.1 Å². The van der Waals surface area contributed by atoms with Gasteiger partial charge in [0.05, 0.1) is 11.5 Å². The van der Waals surface area contributed by atoms with Crippen LogP contribution < -0.4 is 5.84 Å². The van der Waals surface area contributed by atoms with Crippen molar-refractivity contribution in [1.29, 1.82) is 0 Å². The lowest BCUT2D eigenvalue weighted by Gasteiger charge is -2.31. The van der Waals surface area contributed by atoms with Crippen LogP contribution in [0.5, 0.6) is 0 Å². The van der Waals surface area contributed by atoms with Crippen molar-refractivity contribution in [1.82, 2.24) is 9.31 Å². The maximum atomic E-state index is 13.4. The molecule has 0 bridgehead atoms. The number of nitrogens with two attached hydrogens (primary N) is 1. The van der Waals surface area contributed by atoms with Gasteiger partial charge in [-0.15, -0.1) is 0 Å². The van der Waals surface area contributed by atoms with Crippen LogP contribution in [0.15, 0.2) is 77.3 Å². The molecule has 1 aliphatic rings. The number of rotatable bonds is 8. The largest absolute Gasteiger partial charge is 0.392 e. The average molecular weight is 520 g/mol. The van der Waals surface area contributed by atoms with Gasteiger partial charge in [-0.05, 0) is 71.1 Å². The first-order chi connectivity index (χ1) is 17.5. The van der Waals surface area contributed by atoms with Gasteiger partial charge in [-0.25, -0.2) is 10.3 Å². The third kappa shape index (κ3) is 5.50. The van der Waals surface area contributed by atoms with E-state index in [2.05, 4.69) is 32.9 Å². The SMILES string of the molecule is CC(C)c1cc(-c2ccccc2CO)cc2c1CC(N(N)S(=O)(=O)c1ccc(CN(C)C)cc1)=CC2C. The van der Waals surface area contributed by atoms with E-state index in [-0.39, 0.29) is 23.3 Å². The number of allylic oxidation sites excluding steroid dienone is 2. The van der Waals surface area contributed by atoms with Gasteiger partial charge in [0, 0.05) is 24.6 Å². The van der Waals surface area contributed by atoms with Crippen LogP contribution in [0, 0.1) is 0 Å². The van der Waals surface area contributed by atoms with E-state index in [9.17, 15) is 13.5 Å². The molecule has 0 fully saturated rings. The maximum absolute atomic E-state index is 13.4. The summed E-state index contributed by atoms with van der Waals surface area (Å²) in [5, 5.41) is 9.88. The number of aliphatic hydroxyl groups excluding tert-OH is 1. The number of hydrazine groups is 1. The molecule has 0 amide bonds. The Labute approximate surface area is 221 Å². The van der Waals surface area contributed by atoms with Crippen LogP contribution in [-0.2, 0) is 29.6 Å². The van der Waals surface area contributed by atoms with E-state index >= 15 is 0 Å². The standard InChI is InChI=1S/C30H37N3O3S/c1-20(2)28-15-24(27-9-7-6-8-23(27)19-34)16-29-21(3)14-25(17-30(28)29)33(31)37(35,36)26-12-10-22(11-13-26)18-32(4)5/h6-16,20-21,34H,17-19,31H2,1-5H3. The first kappa shape index (κ1) is 27.1.